The molecule has 0 aromatic rings. The standard InChI is InChI=1S/C23H38N2O2/c1-14-11-16-12-17(25-27-13-15(2)24)7-9-22(16,3)19-8-10-23(4)18(21(14)19)5-6-20(23)26/h14-16,18-19,21H,5-13,24H2,1-4H3/t14?,15?,16?,18-,19+,21-,22-,23-/m0/s1. The van der Waals surface area contributed by atoms with Crippen LogP contribution in [0.1, 0.15) is 79.1 Å². The van der Waals surface area contributed by atoms with Gasteiger partial charge in [0, 0.05) is 17.9 Å². The van der Waals surface area contributed by atoms with Crippen molar-refractivity contribution in [2.24, 2.45) is 51.3 Å². The summed E-state index contributed by atoms with van der Waals surface area (Å²) in [5.41, 5.74) is 7.39. The van der Waals surface area contributed by atoms with Gasteiger partial charge in [-0.05, 0) is 86.9 Å². The average molecular weight is 375 g/mol. The average Bonchev–Trinajstić information content (AvgIpc) is 2.91. The third-order valence-electron chi connectivity index (χ3n) is 9.10. The topological polar surface area (TPSA) is 64.7 Å². The summed E-state index contributed by atoms with van der Waals surface area (Å²) in [6.07, 6.45) is 8.98. The number of nitrogens with zero attached hydrogens (tertiary/aromatic N) is 1. The van der Waals surface area contributed by atoms with Gasteiger partial charge in [0.2, 0.25) is 0 Å². The highest BCUT2D eigenvalue weighted by atomic mass is 16.6. The van der Waals surface area contributed by atoms with Crippen molar-refractivity contribution in [1.29, 1.82) is 0 Å². The largest absolute Gasteiger partial charge is 0.394 e. The van der Waals surface area contributed by atoms with Crippen molar-refractivity contribution in [2.75, 3.05) is 6.61 Å². The van der Waals surface area contributed by atoms with Crippen molar-refractivity contribution in [3.63, 3.8) is 0 Å². The lowest BCUT2D eigenvalue weighted by Crippen LogP contribution is -2.56. The number of carbonyl (C=O) groups is 1. The van der Waals surface area contributed by atoms with Crippen molar-refractivity contribution in [1.82, 2.24) is 0 Å². The maximum absolute atomic E-state index is 12.6. The summed E-state index contributed by atoms with van der Waals surface area (Å²) in [6, 6.07) is 0.0318. The van der Waals surface area contributed by atoms with E-state index in [1.54, 1.807) is 0 Å². The fourth-order valence-corrected chi connectivity index (χ4v) is 7.54. The van der Waals surface area contributed by atoms with Gasteiger partial charge in [-0.3, -0.25) is 4.79 Å². The van der Waals surface area contributed by atoms with Crippen LogP contribution in [-0.4, -0.2) is 24.1 Å². The minimum Gasteiger partial charge on any atom is -0.394 e. The van der Waals surface area contributed by atoms with Crippen molar-refractivity contribution in [3.05, 3.63) is 0 Å². The van der Waals surface area contributed by atoms with E-state index in [2.05, 4.69) is 25.9 Å². The highest BCUT2D eigenvalue weighted by molar-refractivity contribution is 5.87. The zero-order chi connectivity index (χ0) is 19.4. The van der Waals surface area contributed by atoms with Gasteiger partial charge >= 0.3 is 0 Å². The van der Waals surface area contributed by atoms with Crippen LogP contribution >= 0.6 is 0 Å². The van der Waals surface area contributed by atoms with Crippen LogP contribution in [0.2, 0.25) is 0 Å². The zero-order valence-electron chi connectivity index (χ0n) is 17.7. The molecule has 0 aromatic carbocycles. The molecule has 0 heterocycles. The Balaban J connectivity index is 1.53. The molecule has 0 aromatic heterocycles. The quantitative estimate of drug-likeness (QED) is 0.736. The number of oxime groups is 1. The second kappa shape index (κ2) is 6.86. The van der Waals surface area contributed by atoms with Crippen LogP contribution in [0.3, 0.4) is 0 Å². The predicted octanol–water partition coefficient (Wildman–Crippen LogP) is 4.56. The fourth-order valence-electron chi connectivity index (χ4n) is 7.54. The molecule has 0 spiro atoms. The first kappa shape index (κ1) is 19.4. The van der Waals surface area contributed by atoms with E-state index in [1.807, 2.05) is 6.92 Å². The highest BCUT2D eigenvalue weighted by Crippen LogP contribution is 2.66. The molecule has 8 atom stereocenters. The van der Waals surface area contributed by atoms with Gasteiger partial charge in [-0.25, -0.2) is 0 Å². The molecule has 4 aliphatic carbocycles. The van der Waals surface area contributed by atoms with E-state index in [1.165, 1.54) is 25.0 Å². The van der Waals surface area contributed by atoms with E-state index in [4.69, 9.17) is 10.6 Å². The fraction of sp³-hybridized carbons (Fsp3) is 0.913. The number of rotatable bonds is 3. The zero-order valence-corrected chi connectivity index (χ0v) is 17.7. The van der Waals surface area contributed by atoms with E-state index in [0.29, 0.717) is 35.6 Å². The number of carbonyl (C=O) groups excluding carboxylic acids is 1. The normalized spacial score (nSPS) is 49.3. The lowest BCUT2D eigenvalue weighted by atomic mass is 9.43. The maximum atomic E-state index is 12.6. The predicted molar refractivity (Wildman–Crippen MR) is 108 cm³/mol. The van der Waals surface area contributed by atoms with Crippen molar-refractivity contribution >= 4 is 11.5 Å². The Morgan fingerprint density at radius 3 is 2.74 bits per heavy atom. The van der Waals surface area contributed by atoms with Gasteiger partial charge in [0.15, 0.2) is 0 Å². The van der Waals surface area contributed by atoms with E-state index in [9.17, 15) is 4.79 Å². The summed E-state index contributed by atoms with van der Waals surface area (Å²) < 4.78 is 0. The van der Waals surface area contributed by atoms with Gasteiger partial charge in [0.1, 0.15) is 12.4 Å². The molecular weight excluding hydrogens is 336 g/mol. The summed E-state index contributed by atoms with van der Waals surface area (Å²) >= 11 is 0. The van der Waals surface area contributed by atoms with Crippen LogP contribution in [0.4, 0.5) is 0 Å². The summed E-state index contributed by atoms with van der Waals surface area (Å²) in [7, 11) is 0. The SMILES string of the molecule is CC(N)CON=C1CC[C@@]2(C)C(C1)CC(C)[C@@H]1[C@H]2CC[C@]2(C)C(=O)CC[C@@H]12. The minimum absolute atomic E-state index is 0.0212. The molecule has 27 heavy (non-hydrogen) atoms. The third-order valence-corrected chi connectivity index (χ3v) is 9.10. The molecular formula is C23H38N2O2. The monoisotopic (exact) mass is 374 g/mol. The first-order valence-electron chi connectivity index (χ1n) is 11.2. The molecule has 4 fully saturated rings. The van der Waals surface area contributed by atoms with Gasteiger partial charge in [0.05, 0.1) is 5.71 Å². The molecule has 0 bridgehead atoms. The molecule has 4 aliphatic rings. The van der Waals surface area contributed by atoms with E-state index in [0.717, 1.165) is 43.9 Å². The summed E-state index contributed by atoms with van der Waals surface area (Å²) in [5.74, 6) is 4.12. The molecule has 0 saturated heterocycles. The molecule has 4 saturated carbocycles. The minimum atomic E-state index is -0.0212. The third kappa shape index (κ3) is 3.07. The van der Waals surface area contributed by atoms with Crippen LogP contribution in [-0.2, 0) is 9.63 Å². The number of Topliss-reactive ketones (excluding diaryl/α,β-unsaturated/α-hetero) is 1. The molecule has 2 N–H and O–H groups in total. The number of nitrogens with two attached hydrogens (primary N) is 1. The van der Waals surface area contributed by atoms with E-state index in [-0.39, 0.29) is 11.5 Å². The molecule has 4 nitrogen and oxygen atoms in total. The van der Waals surface area contributed by atoms with Crippen LogP contribution in [0.5, 0.6) is 0 Å². The molecule has 0 aliphatic heterocycles. The molecule has 3 unspecified atom stereocenters. The van der Waals surface area contributed by atoms with Gasteiger partial charge in [-0.2, -0.15) is 0 Å². The van der Waals surface area contributed by atoms with Gasteiger partial charge < -0.3 is 10.6 Å². The molecule has 4 rings (SSSR count). The highest BCUT2D eigenvalue weighted by Gasteiger charge is 2.61. The first-order chi connectivity index (χ1) is 12.8. The second-order valence-corrected chi connectivity index (χ2v) is 10.8. The summed E-state index contributed by atoms with van der Waals surface area (Å²) in [6.45, 7) is 9.75. The molecule has 152 valence electrons. The smallest absolute Gasteiger partial charge is 0.139 e. The Morgan fingerprint density at radius 1 is 1.22 bits per heavy atom. The Hall–Kier alpha value is -0.900. The van der Waals surface area contributed by atoms with Crippen LogP contribution in [0.25, 0.3) is 0 Å². The second-order valence-electron chi connectivity index (χ2n) is 10.8. The van der Waals surface area contributed by atoms with E-state index < -0.39 is 0 Å². The first-order valence-corrected chi connectivity index (χ1v) is 11.2. The lowest BCUT2D eigenvalue weighted by molar-refractivity contribution is -0.143. The van der Waals surface area contributed by atoms with Crippen molar-refractivity contribution in [3.8, 4) is 0 Å². The number of ketones is 1. The van der Waals surface area contributed by atoms with Gasteiger partial charge in [-0.1, -0.05) is 25.9 Å². The maximum Gasteiger partial charge on any atom is 0.139 e. The van der Waals surface area contributed by atoms with Gasteiger partial charge in [0.25, 0.3) is 0 Å². The summed E-state index contributed by atoms with van der Waals surface area (Å²) in [5, 5.41) is 4.44. The Morgan fingerprint density at radius 2 is 2.00 bits per heavy atom. The lowest BCUT2D eigenvalue weighted by Gasteiger charge is -2.61. The van der Waals surface area contributed by atoms with Crippen LogP contribution in [0, 0.1) is 40.4 Å². The molecule has 0 radical (unpaired) electrons. The van der Waals surface area contributed by atoms with Gasteiger partial charge in [-0.15, -0.1) is 0 Å². The number of hydrogen-bond acceptors (Lipinski definition) is 4. The number of fused-ring (bicyclic) bond motifs is 5. The number of hydrogen-bond donors (Lipinski definition) is 1. The Bertz CT molecular complexity index is 630. The van der Waals surface area contributed by atoms with Crippen molar-refractivity contribution < 1.29 is 9.63 Å². The molecule has 4 heteroatoms. The Kier molecular flexibility index (Phi) is 4.93. The molecule has 0 amide bonds. The Labute approximate surface area is 164 Å². The van der Waals surface area contributed by atoms with Crippen LogP contribution in [0.15, 0.2) is 5.16 Å². The van der Waals surface area contributed by atoms with E-state index >= 15 is 0 Å². The van der Waals surface area contributed by atoms with Crippen LogP contribution < -0.4 is 5.73 Å². The van der Waals surface area contributed by atoms with Crippen molar-refractivity contribution in [2.45, 2.75) is 85.1 Å². The summed E-state index contributed by atoms with van der Waals surface area (Å²) in [4.78, 5) is 18.1.